The van der Waals surface area contributed by atoms with Crippen molar-refractivity contribution in [2.24, 2.45) is 0 Å². The van der Waals surface area contributed by atoms with Gasteiger partial charge in [0.25, 0.3) is 0 Å². The molecule has 0 atom stereocenters. The molecule has 0 fully saturated rings. The van der Waals surface area contributed by atoms with E-state index in [4.69, 9.17) is 17.4 Å². The van der Waals surface area contributed by atoms with Crippen molar-refractivity contribution in [3.05, 3.63) is 0 Å². The quantitative estimate of drug-likeness (QED) is 0.509. The van der Waals surface area contributed by atoms with Crippen LogP contribution >= 0.6 is 0 Å². The lowest BCUT2D eigenvalue weighted by Gasteiger charge is -2.30. The topological polar surface area (TPSA) is 36.9 Å². The normalized spacial score (nSPS) is 13.2. The average molecular weight is 339 g/mol. The third-order valence-corrected chi connectivity index (χ3v) is 12.1. The molecule has 0 N–H and O–H groups in total. The van der Waals surface area contributed by atoms with Crippen molar-refractivity contribution in [1.29, 1.82) is 0 Å². The van der Waals surface area contributed by atoms with E-state index in [0.717, 1.165) is 18.5 Å². The molecule has 0 bridgehead atoms. The van der Waals surface area contributed by atoms with Crippen LogP contribution in [0.2, 0.25) is 38.3 Å². The summed E-state index contributed by atoms with van der Waals surface area (Å²) in [7, 11) is -4.92. The van der Waals surface area contributed by atoms with Crippen molar-refractivity contribution in [2.45, 2.75) is 65.5 Å². The largest absolute Gasteiger partial charge is 0.500 e. The molecule has 0 amide bonds. The molecule has 0 radical (unpaired) electrons. The molecule has 0 rings (SSSR count). The first kappa shape index (κ1) is 20.5. The van der Waals surface area contributed by atoms with E-state index in [0.29, 0.717) is 19.8 Å². The first-order valence-corrected chi connectivity index (χ1v) is 15.7. The van der Waals surface area contributed by atoms with Gasteiger partial charge >= 0.3 is 8.80 Å². The van der Waals surface area contributed by atoms with E-state index in [-0.39, 0.29) is 0 Å². The maximum Gasteiger partial charge on any atom is 0.500 e. The van der Waals surface area contributed by atoms with E-state index < -0.39 is 26.2 Å². The zero-order chi connectivity index (χ0) is 15.6. The molecule has 0 aromatic rings. The third kappa shape index (κ3) is 8.71. The van der Waals surface area contributed by atoms with Crippen molar-refractivity contribution in [3.63, 3.8) is 0 Å². The molecule has 0 aliphatic rings. The van der Waals surface area contributed by atoms with Gasteiger partial charge in [-0.2, -0.15) is 0 Å². The molecule has 0 aliphatic heterocycles. The van der Waals surface area contributed by atoms with E-state index in [1.54, 1.807) is 0 Å². The summed E-state index contributed by atoms with van der Waals surface area (Å²) >= 11 is 0. The van der Waals surface area contributed by atoms with E-state index in [9.17, 15) is 0 Å². The number of rotatable bonds is 12. The van der Waals surface area contributed by atoms with Crippen molar-refractivity contribution < 1.29 is 17.4 Å². The van der Waals surface area contributed by atoms with Crippen molar-refractivity contribution in [2.75, 3.05) is 19.8 Å². The Morgan fingerprint density at radius 2 is 1.25 bits per heavy atom. The fourth-order valence-electron chi connectivity index (χ4n) is 2.43. The number of hydrogen-bond acceptors (Lipinski definition) is 4. The zero-order valence-electron chi connectivity index (χ0n) is 14.5. The van der Waals surface area contributed by atoms with Crippen molar-refractivity contribution in [1.82, 2.24) is 0 Å². The van der Waals surface area contributed by atoms with Gasteiger partial charge in [-0.3, -0.25) is 0 Å². The van der Waals surface area contributed by atoms with Gasteiger partial charge in [-0.25, -0.2) is 0 Å². The van der Waals surface area contributed by atoms with Gasteiger partial charge in [-0.1, -0.05) is 0 Å². The molecule has 20 heavy (non-hydrogen) atoms. The van der Waals surface area contributed by atoms with Gasteiger partial charge in [0, 0.05) is 25.9 Å². The third-order valence-electron chi connectivity index (χ3n) is 2.91. The second kappa shape index (κ2) is 10.3. The summed E-state index contributed by atoms with van der Waals surface area (Å²) in [5, 5.41) is 0. The summed E-state index contributed by atoms with van der Waals surface area (Å²) in [4.78, 5) is 0. The molecule has 122 valence electrons. The van der Waals surface area contributed by atoms with Gasteiger partial charge in [0.1, 0.15) is 0 Å². The Kier molecular flexibility index (Phi) is 10.5. The van der Waals surface area contributed by atoms with Crippen molar-refractivity contribution in [3.8, 4) is 0 Å². The van der Waals surface area contributed by atoms with E-state index >= 15 is 0 Å². The molecule has 0 unspecified atom stereocenters. The summed E-state index contributed by atoms with van der Waals surface area (Å²) in [6.07, 6.45) is 1.08. The second-order valence-corrected chi connectivity index (χ2v) is 15.6. The molecule has 7 heteroatoms. The smallest absolute Gasteiger partial charge is 0.458 e. The molecule has 0 aliphatic carbocycles. The minimum absolute atomic E-state index is 0.655. The molecular formula is C13H34O4Si3. The predicted octanol–water partition coefficient (Wildman–Crippen LogP) is 3.63. The van der Waals surface area contributed by atoms with Gasteiger partial charge in [0.15, 0.2) is 17.4 Å². The highest BCUT2D eigenvalue weighted by Gasteiger charge is 2.40. The molecular weight excluding hydrogens is 304 g/mol. The first-order chi connectivity index (χ1) is 9.31. The molecule has 0 saturated heterocycles. The van der Waals surface area contributed by atoms with Gasteiger partial charge in [0.2, 0.25) is 0 Å². The van der Waals surface area contributed by atoms with Gasteiger partial charge in [-0.05, 0) is 59.4 Å². The Morgan fingerprint density at radius 1 is 0.800 bits per heavy atom. The van der Waals surface area contributed by atoms with Crippen LogP contribution in [-0.2, 0) is 17.4 Å². The Balaban J connectivity index is 4.44. The van der Waals surface area contributed by atoms with E-state index in [1.165, 1.54) is 0 Å². The molecule has 0 spiro atoms. The van der Waals surface area contributed by atoms with Crippen LogP contribution in [0.25, 0.3) is 0 Å². The molecule has 0 saturated carbocycles. The Hall–Kier alpha value is 0.491. The SMILES string of the molecule is CCO[Si](CCC[Si](C)(C)O[SiH](C)C)(OCC)OCC. The minimum atomic E-state index is -2.46. The highest BCUT2D eigenvalue weighted by atomic mass is 28.4. The van der Waals surface area contributed by atoms with Crippen LogP contribution in [0.1, 0.15) is 27.2 Å². The van der Waals surface area contributed by atoms with Crippen LogP contribution < -0.4 is 0 Å². The highest BCUT2D eigenvalue weighted by Crippen LogP contribution is 2.23. The second-order valence-electron chi connectivity index (χ2n) is 5.76. The highest BCUT2D eigenvalue weighted by molar-refractivity contribution is 6.77. The molecule has 4 nitrogen and oxygen atoms in total. The Morgan fingerprint density at radius 3 is 1.60 bits per heavy atom. The lowest BCUT2D eigenvalue weighted by atomic mass is 10.6. The maximum absolute atomic E-state index is 6.20. The lowest BCUT2D eigenvalue weighted by Crippen LogP contribution is -2.46. The van der Waals surface area contributed by atoms with Gasteiger partial charge in [-0.15, -0.1) is 0 Å². The summed E-state index contributed by atoms with van der Waals surface area (Å²) < 4.78 is 23.9. The monoisotopic (exact) mass is 338 g/mol. The maximum atomic E-state index is 6.20. The van der Waals surface area contributed by atoms with Crippen LogP contribution in [0.5, 0.6) is 0 Å². The standard InChI is InChI=1S/C13H34O4Si3/c1-8-14-20(15-9-2,16-10-3)13-11-12-19(6,7)17-18(4)5/h18H,8-13H2,1-7H3. The van der Waals surface area contributed by atoms with E-state index in [2.05, 4.69) is 26.2 Å². The lowest BCUT2D eigenvalue weighted by molar-refractivity contribution is 0.0711. The van der Waals surface area contributed by atoms with Crippen LogP contribution in [0.15, 0.2) is 0 Å². The van der Waals surface area contributed by atoms with Gasteiger partial charge in [0.05, 0.1) is 0 Å². The fraction of sp³-hybridized carbons (Fsp3) is 1.00. The molecule has 0 heterocycles. The Bertz CT molecular complexity index is 233. The fourth-order valence-corrected chi connectivity index (χ4v) is 12.0. The van der Waals surface area contributed by atoms with Crippen LogP contribution in [0.4, 0.5) is 0 Å². The van der Waals surface area contributed by atoms with Crippen LogP contribution in [0, 0.1) is 0 Å². The zero-order valence-corrected chi connectivity index (χ0v) is 17.6. The average Bonchev–Trinajstić information content (AvgIpc) is 2.27. The Labute approximate surface area is 129 Å². The molecule has 0 aromatic heterocycles. The number of hydrogen-bond donors (Lipinski definition) is 0. The first-order valence-electron chi connectivity index (χ1n) is 7.90. The van der Waals surface area contributed by atoms with E-state index in [1.807, 2.05) is 20.8 Å². The van der Waals surface area contributed by atoms with Crippen LogP contribution in [0.3, 0.4) is 0 Å². The predicted molar refractivity (Wildman–Crippen MR) is 92.3 cm³/mol. The van der Waals surface area contributed by atoms with Crippen LogP contribution in [-0.4, -0.2) is 46.0 Å². The summed E-state index contributed by atoms with van der Waals surface area (Å²) in [5.41, 5.74) is 0. The minimum Gasteiger partial charge on any atom is -0.458 e. The summed E-state index contributed by atoms with van der Waals surface area (Å²) in [6, 6.07) is 2.06. The summed E-state index contributed by atoms with van der Waals surface area (Å²) in [5.74, 6) is 0. The van der Waals surface area contributed by atoms with Crippen molar-refractivity contribution >= 4 is 26.2 Å². The van der Waals surface area contributed by atoms with Gasteiger partial charge < -0.3 is 17.4 Å². The summed E-state index contributed by atoms with van der Waals surface area (Å²) in [6.45, 7) is 17.1. The molecule has 0 aromatic carbocycles.